The second-order valence-electron chi connectivity index (χ2n) is 5.93. The van der Waals surface area contributed by atoms with E-state index in [1.807, 2.05) is 14.1 Å². The summed E-state index contributed by atoms with van der Waals surface area (Å²) in [5, 5.41) is 0. The third kappa shape index (κ3) is 3.96. The monoisotopic (exact) mass is 332 g/mol. The fourth-order valence-electron chi connectivity index (χ4n) is 3.13. The van der Waals surface area contributed by atoms with Gasteiger partial charge in [0.25, 0.3) is 5.91 Å². The lowest BCUT2D eigenvalue weighted by atomic mass is 9.88. The van der Waals surface area contributed by atoms with E-state index >= 15 is 0 Å². The Morgan fingerprint density at radius 3 is 2.18 bits per heavy atom. The maximum atomic E-state index is 13.3. The van der Waals surface area contributed by atoms with E-state index in [1.54, 1.807) is 11.9 Å². The second-order valence-corrected chi connectivity index (χ2v) is 5.93. The molecule has 0 spiro atoms. The molecule has 1 aromatic rings. The number of carbonyl (C=O) groups is 1. The van der Waals surface area contributed by atoms with Crippen LogP contribution in [0.15, 0.2) is 18.2 Å². The maximum Gasteiger partial charge on any atom is 0.254 e. The Hall–Kier alpha value is -1.20. The van der Waals surface area contributed by atoms with Crippen LogP contribution in [0.2, 0.25) is 0 Å². The molecule has 0 bridgehead atoms. The molecule has 6 heteroatoms. The number of halogens is 3. The number of nitrogens with zero attached hydrogens (tertiary/aromatic N) is 2. The van der Waals surface area contributed by atoms with Gasteiger partial charge in [-0.1, -0.05) is 12.8 Å². The van der Waals surface area contributed by atoms with E-state index in [2.05, 4.69) is 4.90 Å². The number of benzene rings is 1. The van der Waals surface area contributed by atoms with E-state index in [0.717, 1.165) is 37.8 Å². The summed E-state index contributed by atoms with van der Waals surface area (Å²) >= 11 is 0. The lowest BCUT2D eigenvalue weighted by molar-refractivity contribution is 0.0544. The van der Waals surface area contributed by atoms with Gasteiger partial charge in [-0.15, -0.1) is 12.4 Å². The summed E-state index contributed by atoms with van der Waals surface area (Å²) in [6.07, 6.45) is 4.23. The van der Waals surface area contributed by atoms with Crippen molar-refractivity contribution in [2.45, 2.75) is 37.8 Å². The molecule has 1 fully saturated rings. The van der Waals surface area contributed by atoms with Crippen LogP contribution >= 0.6 is 12.4 Å². The minimum atomic E-state index is -0.984. The van der Waals surface area contributed by atoms with Crippen molar-refractivity contribution in [3.8, 4) is 0 Å². The van der Waals surface area contributed by atoms with Crippen molar-refractivity contribution in [3.63, 3.8) is 0 Å². The van der Waals surface area contributed by atoms with Gasteiger partial charge in [-0.25, -0.2) is 8.78 Å². The number of hydrogen-bond acceptors (Lipinski definition) is 2. The van der Waals surface area contributed by atoms with E-state index in [0.29, 0.717) is 6.04 Å². The fraction of sp³-hybridized carbons (Fsp3) is 0.562. The zero-order valence-electron chi connectivity index (χ0n) is 13.2. The molecule has 2 rings (SSSR count). The van der Waals surface area contributed by atoms with E-state index in [9.17, 15) is 13.6 Å². The largest absolute Gasteiger partial charge is 0.337 e. The molecule has 0 heterocycles. The number of hydrogen-bond donors (Lipinski definition) is 0. The molecular formula is C16H23ClF2N2O. The SMILES string of the molecule is CN(C)[C@H]1CCCC[C@@H]1N(C)C(=O)c1ccc(F)c(F)c1.Cl. The van der Waals surface area contributed by atoms with Crippen LogP contribution < -0.4 is 0 Å². The summed E-state index contributed by atoms with van der Waals surface area (Å²) in [7, 11) is 5.77. The van der Waals surface area contributed by atoms with Crippen molar-refractivity contribution in [2.75, 3.05) is 21.1 Å². The van der Waals surface area contributed by atoms with E-state index in [4.69, 9.17) is 0 Å². The molecule has 1 aromatic carbocycles. The van der Waals surface area contributed by atoms with Gasteiger partial charge >= 0.3 is 0 Å². The Labute approximate surface area is 136 Å². The first kappa shape index (κ1) is 18.8. The van der Waals surface area contributed by atoms with Crippen LogP contribution in [-0.4, -0.2) is 48.9 Å². The van der Waals surface area contributed by atoms with Crippen LogP contribution in [0.3, 0.4) is 0 Å². The smallest absolute Gasteiger partial charge is 0.254 e. The van der Waals surface area contributed by atoms with Gasteiger partial charge in [-0.3, -0.25) is 4.79 Å². The maximum absolute atomic E-state index is 13.3. The molecule has 1 amide bonds. The molecule has 0 saturated heterocycles. The van der Waals surface area contributed by atoms with Crippen LogP contribution in [0.5, 0.6) is 0 Å². The van der Waals surface area contributed by atoms with Gasteiger partial charge in [-0.05, 0) is 45.1 Å². The summed E-state index contributed by atoms with van der Waals surface area (Å²) in [5.74, 6) is -2.17. The summed E-state index contributed by atoms with van der Waals surface area (Å²) in [6, 6.07) is 3.72. The number of likely N-dealkylation sites (N-methyl/N-ethyl adjacent to an activating group) is 2. The summed E-state index contributed by atoms with van der Waals surface area (Å²) in [6.45, 7) is 0. The molecule has 1 saturated carbocycles. The van der Waals surface area contributed by atoms with Crippen molar-refractivity contribution in [1.29, 1.82) is 0 Å². The molecule has 2 atom stereocenters. The topological polar surface area (TPSA) is 23.6 Å². The van der Waals surface area contributed by atoms with Gasteiger partial charge in [0.15, 0.2) is 11.6 Å². The molecule has 0 radical (unpaired) electrons. The van der Waals surface area contributed by atoms with Crippen LogP contribution in [-0.2, 0) is 0 Å². The highest BCUT2D eigenvalue weighted by atomic mass is 35.5. The quantitative estimate of drug-likeness (QED) is 0.847. The van der Waals surface area contributed by atoms with E-state index in [-0.39, 0.29) is 29.9 Å². The van der Waals surface area contributed by atoms with Crippen molar-refractivity contribution < 1.29 is 13.6 Å². The molecule has 3 nitrogen and oxygen atoms in total. The van der Waals surface area contributed by atoms with Gasteiger partial charge < -0.3 is 9.80 Å². The average Bonchev–Trinajstić information content (AvgIpc) is 2.48. The predicted molar refractivity (Wildman–Crippen MR) is 85.4 cm³/mol. The van der Waals surface area contributed by atoms with Crippen LogP contribution in [0.1, 0.15) is 36.0 Å². The minimum absolute atomic E-state index is 0. The molecule has 124 valence electrons. The lowest BCUT2D eigenvalue weighted by Crippen LogP contribution is -2.51. The highest BCUT2D eigenvalue weighted by Gasteiger charge is 2.32. The molecule has 0 aliphatic heterocycles. The molecular weight excluding hydrogens is 310 g/mol. The van der Waals surface area contributed by atoms with Crippen LogP contribution in [0.25, 0.3) is 0 Å². The van der Waals surface area contributed by atoms with Gasteiger partial charge in [0.1, 0.15) is 0 Å². The van der Waals surface area contributed by atoms with Gasteiger partial charge in [0.2, 0.25) is 0 Å². The zero-order valence-corrected chi connectivity index (χ0v) is 14.0. The minimum Gasteiger partial charge on any atom is -0.337 e. The Bertz CT molecular complexity index is 525. The second kappa shape index (κ2) is 7.88. The Morgan fingerprint density at radius 2 is 1.64 bits per heavy atom. The molecule has 0 N–H and O–H groups in total. The van der Waals surface area contributed by atoms with Gasteiger partial charge in [-0.2, -0.15) is 0 Å². The summed E-state index contributed by atoms with van der Waals surface area (Å²) in [4.78, 5) is 16.3. The normalized spacial score (nSPS) is 21.4. The zero-order chi connectivity index (χ0) is 15.6. The van der Waals surface area contributed by atoms with Crippen molar-refractivity contribution in [1.82, 2.24) is 9.80 Å². The third-order valence-electron chi connectivity index (χ3n) is 4.34. The highest BCUT2D eigenvalue weighted by molar-refractivity contribution is 5.94. The standard InChI is InChI=1S/C16H22F2N2O.ClH/c1-19(2)14-6-4-5-7-15(14)20(3)16(21)11-8-9-12(17)13(18)10-11;/h8-10,14-15H,4-7H2,1-3H3;1H/t14-,15-;/m0./s1. The lowest BCUT2D eigenvalue weighted by Gasteiger charge is -2.41. The first-order chi connectivity index (χ1) is 9.91. The Morgan fingerprint density at radius 1 is 1.05 bits per heavy atom. The highest BCUT2D eigenvalue weighted by Crippen LogP contribution is 2.26. The summed E-state index contributed by atoms with van der Waals surface area (Å²) < 4.78 is 26.3. The summed E-state index contributed by atoms with van der Waals surface area (Å²) in [5.41, 5.74) is 0.194. The predicted octanol–water partition coefficient (Wildman–Crippen LogP) is 3.33. The van der Waals surface area contributed by atoms with Gasteiger partial charge in [0, 0.05) is 24.7 Å². The molecule has 0 aromatic heterocycles. The number of carbonyl (C=O) groups excluding carboxylic acids is 1. The average molecular weight is 333 g/mol. The van der Waals surface area contributed by atoms with E-state index in [1.165, 1.54) is 6.07 Å². The number of amides is 1. The Balaban J connectivity index is 0.00000242. The Kier molecular flexibility index (Phi) is 6.75. The van der Waals surface area contributed by atoms with Crippen molar-refractivity contribution in [2.24, 2.45) is 0 Å². The van der Waals surface area contributed by atoms with E-state index < -0.39 is 11.6 Å². The van der Waals surface area contributed by atoms with Crippen molar-refractivity contribution in [3.05, 3.63) is 35.4 Å². The third-order valence-corrected chi connectivity index (χ3v) is 4.34. The molecule has 1 aliphatic rings. The molecule has 0 unspecified atom stereocenters. The molecule has 1 aliphatic carbocycles. The van der Waals surface area contributed by atoms with Crippen LogP contribution in [0.4, 0.5) is 8.78 Å². The molecule has 22 heavy (non-hydrogen) atoms. The van der Waals surface area contributed by atoms with Crippen molar-refractivity contribution >= 4 is 18.3 Å². The first-order valence-electron chi connectivity index (χ1n) is 7.30. The number of rotatable bonds is 3. The van der Waals surface area contributed by atoms with Gasteiger partial charge in [0.05, 0.1) is 0 Å². The first-order valence-corrected chi connectivity index (χ1v) is 7.30. The van der Waals surface area contributed by atoms with Crippen LogP contribution in [0, 0.1) is 11.6 Å². The fourth-order valence-corrected chi connectivity index (χ4v) is 3.13.